The van der Waals surface area contributed by atoms with Gasteiger partial charge in [-0.3, -0.25) is 9.48 Å². The minimum Gasteiger partial charge on any atom is -0.437 e. The SMILES string of the molecule is CC(OC(=O)N1CCC(n2cc(C(N)=O)c(Nc3ccc(F)cc3)n2)C(C#N)C1)C(F)(F)F. The number of rotatable bonds is 5. The van der Waals surface area contributed by atoms with Crippen molar-refractivity contribution in [3.63, 3.8) is 0 Å². The summed E-state index contributed by atoms with van der Waals surface area (Å²) in [7, 11) is 0. The molecule has 3 unspecified atom stereocenters. The van der Waals surface area contributed by atoms with E-state index < -0.39 is 42.1 Å². The van der Waals surface area contributed by atoms with Gasteiger partial charge in [-0.1, -0.05) is 0 Å². The summed E-state index contributed by atoms with van der Waals surface area (Å²) >= 11 is 0. The van der Waals surface area contributed by atoms with Crippen LogP contribution in [0.5, 0.6) is 0 Å². The maximum absolute atomic E-state index is 13.1. The van der Waals surface area contributed by atoms with E-state index in [1.807, 2.05) is 6.07 Å². The van der Waals surface area contributed by atoms with Crippen LogP contribution in [0.25, 0.3) is 0 Å². The molecule has 3 rings (SSSR count). The number of primary amides is 1. The Balaban J connectivity index is 1.76. The first-order valence-corrected chi connectivity index (χ1v) is 9.83. The van der Waals surface area contributed by atoms with E-state index in [1.54, 1.807) is 0 Å². The van der Waals surface area contributed by atoms with Gasteiger partial charge in [0.15, 0.2) is 11.9 Å². The van der Waals surface area contributed by atoms with Crippen molar-refractivity contribution in [2.24, 2.45) is 11.7 Å². The predicted octanol–water partition coefficient (Wildman–Crippen LogP) is 3.34. The van der Waals surface area contributed by atoms with Crippen molar-refractivity contribution in [3.8, 4) is 6.07 Å². The molecule has 1 aliphatic heterocycles. The number of alkyl halides is 3. The van der Waals surface area contributed by atoms with Crippen LogP contribution in [0, 0.1) is 23.1 Å². The molecule has 1 fully saturated rings. The number of nitrogens with one attached hydrogen (secondary N) is 1. The smallest absolute Gasteiger partial charge is 0.425 e. The molecule has 0 saturated carbocycles. The van der Waals surface area contributed by atoms with Gasteiger partial charge >= 0.3 is 12.3 Å². The van der Waals surface area contributed by atoms with Crippen molar-refractivity contribution in [2.75, 3.05) is 18.4 Å². The molecule has 1 aliphatic rings. The average molecular weight is 468 g/mol. The number of nitriles is 1. The third kappa shape index (κ3) is 5.51. The minimum absolute atomic E-state index is 0.0126. The minimum atomic E-state index is -4.70. The first-order chi connectivity index (χ1) is 15.5. The number of aromatic nitrogens is 2. The highest BCUT2D eigenvalue weighted by Crippen LogP contribution is 2.31. The number of benzene rings is 1. The molecule has 2 heterocycles. The number of likely N-dealkylation sites (tertiary alicyclic amines) is 1. The summed E-state index contributed by atoms with van der Waals surface area (Å²) in [4.78, 5) is 25.0. The second kappa shape index (κ2) is 9.35. The monoisotopic (exact) mass is 468 g/mol. The van der Waals surface area contributed by atoms with Gasteiger partial charge < -0.3 is 20.7 Å². The standard InChI is InChI=1S/C20H20F4N6O3/c1-11(20(22,23)24)33-19(32)29-7-6-16(12(8-25)9-29)30-10-15(17(26)31)18(28-30)27-14-4-2-13(21)3-5-14/h2-5,10-12,16H,6-7,9H2,1H3,(H2,26,31)(H,27,28). The predicted molar refractivity (Wildman–Crippen MR) is 107 cm³/mol. The number of piperidine rings is 1. The molecule has 0 radical (unpaired) electrons. The van der Waals surface area contributed by atoms with Gasteiger partial charge in [-0.05, 0) is 37.6 Å². The van der Waals surface area contributed by atoms with Crippen molar-refractivity contribution in [3.05, 3.63) is 41.8 Å². The molecule has 176 valence electrons. The number of ether oxygens (including phenoxy) is 1. The highest BCUT2D eigenvalue weighted by molar-refractivity contribution is 5.98. The van der Waals surface area contributed by atoms with E-state index in [1.165, 1.54) is 35.1 Å². The van der Waals surface area contributed by atoms with E-state index in [2.05, 4.69) is 15.2 Å². The molecule has 3 atom stereocenters. The van der Waals surface area contributed by atoms with Gasteiger partial charge in [0.2, 0.25) is 0 Å². The van der Waals surface area contributed by atoms with Crippen LogP contribution in [0.1, 0.15) is 29.7 Å². The number of nitrogens with zero attached hydrogens (tertiary/aromatic N) is 4. The molecule has 13 heteroatoms. The Morgan fingerprint density at radius 2 is 2.00 bits per heavy atom. The summed E-state index contributed by atoms with van der Waals surface area (Å²) in [6.45, 7) is 0.549. The second-order valence-corrected chi connectivity index (χ2v) is 7.47. The largest absolute Gasteiger partial charge is 0.437 e. The summed E-state index contributed by atoms with van der Waals surface area (Å²) in [6.07, 6.45) is -6.63. The Kier molecular flexibility index (Phi) is 6.75. The second-order valence-electron chi connectivity index (χ2n) is 7.47. The number of carbonyl (C=O) groups excluding carboxylic acids is 2. The topological polar surface area (TPSA) is 126 Å². The summed E-state index contributed by atoms with van der Waals surface area (Å²) in [6, 6.07) is 6.73. The van der Waals surface area contributed by atoms with Crippen molar-refractivity contribution in [1.82, 2.24) is 14.7 Å². The highest BCUT2D eigenvalue weighted by atomic mass is 19.4. The normalized spacial score (nSPS) is 19.5. The molecule has 33 heavy (non-hydrogen) atoms. The third-order valence-electron chi connectivity index (χ3n) is 5.18. The molecule has 1 saturated heterocycles. The molecule has 0 aliphatic carbocycles. The van der Waals surface area contributed by atoms with E-state index in [0.717, 1.165) is 11.8 Å². The number of hydrogen-bond acceptors (Lipinski definition) is 6. The van der Waals surface area contributed by atoms with Gasteiger partial charge in [0.25, 0.3) is 5.91 Å². The maximum Gasteiger partial charge on any atom is 0.425 e. The molecule has 2 amide bonds. The quantitative estimate of drug-likeness (QED) is 0.649. The lowest BCUT2D eigenvalue weighted by molar-refractivity contribution is -0.200. The zero-order valence-electron chi connectivity index (χ0n) is 17.3. The lowest BCUT2D eigenvalue weighted by Crippen LogP contribution is -2.46. The third-order valence-corrected chi connectivity index (χ3v) is 5.18. The van der Waals surface area contributed by atoms with E-state index >= 15 is 0 Å². The van der Waals surface area contributed by atoms with Crippen LogP contribution in [0.4, 0.5) is 33.9 Å². The van der Waals surface area contributed by atoms with Crippen molar-refractivity contribution in [2.45, 2.75) is 31.7 Å². The molecule has 3 N–H and O–H groups in total. The van der Waals surface area contributed by atoms with Gasteiger partial charge in [-0.15, -0.1) is 0 Å². The molecular weight excluding hydrogens is 448 g/mol. The number of hydrogen-bond donors (Lipinski definition) is 2. The molecule has 9 nitrogen and oxygen atoms in total. The number of carbonyl (C=O) groups is 2. The summed E-state index contributed by atoms with van der Waals surface area (Å²) in [5.74, 6) is -1.99. The fraction of sp³-hybridized carbons (Fsp3) is 0.400. The van der Waals surface area contributed by atoms with Crippen LogP contribution >= 0.6 is 0 Å². The van der Waals surface area contributed by atoms with Crippen LogP contribution in [-0.2, 0) is 4.74 Å². The zero-order valence-corrected chi connectivity index (χ0v) is 17.3. The molecule has 2 aromatic rings. The Hall–Kier alpha value is -3.82. The maximum atomic E-state index is 13.1. The molecule has 0 spiro atoms. The lowest BCUT2D eigenvalue weighted by Gasteiger charge is -2.35. The molecule has 0 bridgehead atoms. The Labute approximate surface area is 185 Å². The van der Waals surface area contributed by atoms with Gasteiger partial charge in [0.1, 0.15) is 11.4 Å². The van der Waals surface area contributed by atoms with E-state index in [-0.39, 0.29) is 30.9 Å². The number of nitrogens with two attached hydrogens (primary N) is 1. The van der Waals surface area contributed by atoms with Crippen LogP contribution in [0.15, 0.2) is 30.5 Å². The van der Waals surface area contributed by atoms with Crippen molar-refractivity contribution >= 4 is 23.5 Å². The molecular formula is C20H20F4N6O3. The fourth-order valence-corrected chi connectivity index (χ4v) is 3.35. The van der Waals surface area contributed by atoms with Crippen LogP contribution in [0.3, 0.4) is 0 Å². The van der Waals surface area contributed by atoms with E-state index in [9.17, 15) is 32.4 Å². The zero-order chi connectivity index (χ0) is 24.3. The highest BCUT2D eigenvalue weighted by Gasteiger charge is 2.41. The summed E-state index contributed by atoms with van der Waals surface area (Å²) in [5.41, 5.74) is 5.89. The van der Waals surface area contributed by atoms with Crippen molar-refractivity contribution in [1.29, 1.82) is 5.26 Å². The first kappa shape index (κ1) is 23.8. The summed E-state index contributed by atoms with van der Waals surface area (Å²) in [5, 5.41) is 16.7. The van der Waals surface area contributed by atoms with Gasteiger partial charge in [-0.2, -0.15) is 23.5 Å². The number of anilines is 2. The van der Waals surface area contributed by atoms with E-state index in [4.69, 9.17) is 5.73 Å². The van der Waals surface area contributed by atoms with Crippen LogP contribution in [-0.4, -0.2) is 52.1 Å². The fourth-order valence-electron chi connectivity index (χ4n) is 3.35. The Bertz CT molecular complexity index is 1060. The molecule has 1 aromatic heterocycles. The number of amides is 2. The average Bonchev–Trinajstić information content (AvgIpc) is 3.18. The van der Waals surface area contributed by atoms with E-state index in [0.29, 0.717) is 5.69 Å². The van der Waals surface area contributed by atoms with Crippen molar-refractivity contribution < 1.29 is 31.9 Å². The van der Waals surface area contributed by atoms with Gasteiger partial charge in [0, 0.05) is 25.0 Å². The van der Waals surface area contributed by atoms with Crippen LogP contribution in [0.2, 0.25) is 0 Å². The Morgan fingerprint density at radius 3 is 2.58 bits per heavy atom. The first-order valence-electron chi connectivity index (χ1n) is 9.83. The van der Waals surface area contributed by atoms with Gasteiger partial charge in [-0.25, -0.2) is 9.18 Å². The summed E-state index contributed by atoms with van der Waals surface area (Å²) < 4.78 is 56.9. The number of halogens is 4. The Morgan fingerprint density at radius 1 is 1.33 bits per heavy atom. The lowest BCUT2D eigenvalue weighted by atomic mass is 9.94. The van der Waals surface area contributed by atoms with Crippen LogP contribution < -0.4 is 11.1 Å². The molecule has 1 aromatic carbocycles. The van der Waals surface area contributed by atoms with Gasteiger partial charge in [0.05, 0.1) is 18.0 Å².